The quantitative estimate of drug-likeness (QED) is 0.146. The van der Waals surface area contributed by atoms with E-state index in [9.17, 15) is 34.2 Å². The Labute approximate surface area is 384 Å². The molecule has 4 heterocycles. The Morgan fingerprint density at radius 2 is 1.64 bits per heavy atom. The number of fused-ring (bicyclic) bond motifs is 3. The molecule has 1 saturated carbocycles. The van der Waals surface area contributed by atoms with Gasteiger partial charge in [0.1, 0.15) is 30.1 Å². The van der Waals surface area contributed by atoms with E-state index in [0.717, 1.165) is 24.8 Å². The van der Waals surface area contributed by atoms with E-state index >= 15 is 0 Å². The number of hydrogen-bond acceptors (Lipinski definition) is 14. The van der Waals surface area contributed by atoms with E-state index in [-0.39, 0.29) is 66.9 Å². The molecule has 64 heavy (non-hydrogen) atoms. The number of ketones is 2. The van der Waals surface area contributed by atoms with Crippen molar-refractivity contribution >= 4 is 41.2 Å². The average molecular weight is 918 g/mol. The summed E-state index contributed by atoms with van der Waals surface area (Å²) in [6.45, 7) is 13.2. The normalized spacial score (nSPS) is 40.1. The van der Waals surface area contributed by atoms with Crippen LogP contribution in [0.4, 0.5) is 0 Å². The van der Waals surface area contributed by atoms with Crippen molar-refractivity contribution in [3.8, 4) is 0 Å². The van der Waals surface area contributed by atoms with Crippen molar-refractivity contribution in [2.75, 3.05) is 33.6 Å². The fourth-order valence-electron chi connectivity index (χ4n) is 10.5. The molecule has 4 fully saturated rings. The van der Waals surface area contributed by atoms with E-state index in [0.29, 0.717) is 56.3 Å². The number of carbonyl (C=O) groups excluding carboxylic acids is 5. The maximum atomic E-state index is 14.5. The van der Waals surface area contributed by atoms with Gasteiger partial charge in [0, 0.05) is 69.5 Å². The topological polar surface area (TPSA) is 184 Å². The summed E-state index contributed by atoms with van der Waals surface area (Å²) in [6, 6.07) is -1.15. The van der Waals surface area contributed by atoms with Crippen LogP contribution in [0.2, 0.25) is 0 Å². The van der Waals surface area contributed by atoms with Gasteiger partial charge in [-0.05, 0) is 102 Å². The Hall–Kier alpha value is -2.92. The fraction of sp³-hybridized carbons (Fsp3) is 0.776. The standard InChI is InChI=1S/C49H75NO13S/c1-10-13-34-21-28(2)20-29(3)22-40(59-8)45-41(60-9)24-31(5)49(57,63-45)46(54)47(55)50-19-12-11-14-36(50)48(56)62-44(32(6)37(51)26-38(34)52)30(4)23-33-15-17-42(39(25-33)58-7)64-27-35-16-18-43(53)61-35/h10,21,23,29,31-37,39-42,44-45,51,57H,1,11-20,22,24-27H2,2-9H3/b28-21+,30-23+/t29-,31+,32+,33-,34+,35+,36-,37-,39+,40-,41-,42?,44?,45+,49+/m0/s1. The highest BCUT2D eigenvalue weighted by atomic mass is 32.2. The minimum atomic E-state index is -2.52. The number of piperidine rings is 1. The third-order valence-electron chi connectivity index (χ3n) is 14.3. The Kier molecular flexibility index (Phi) is 19.3. The minimum absolute atomic E-state index is 0.00511. The molecule has 2 N–H and O–H groups in total. The highest BCUT2D eigenvalue weighted by Crippen LogP contribution is 2.40. The number of aliphatic hydroxyl groups is 2. The second kappa shape index (κ2) is 23.7. The van der Waals surface area contributed by atoms with Crippen LogP contribution in [0.1, 0.15) is 118 Å². The van der Waals surface area contributed by atoms with Gasteiger partial charge >= 0.3 is 11.9 Å². The first-order valence-electron chi connectivity index (χ1n) is 23.5. The summed E-state index contributed by atoms with van der Waals surface area (Å²) in [5.74, 6) is -7.13. The number of aliphatic hydroxyl groups excluding tert-OH is 1. The first kappa shape index (κ1) is 52.1. The molecule has 0 aromatic heterocycles. The van der Waals surface area contributed by atoms with E-state index in [2.05, 4.69) is 12.7 Å². The third kappa shape index (κ3) is 12.7. The molecule has 5 aliphatic rings. The van der Waals surface area contributed by atoms with E-state index in [1.54, 1.807) is 38.8 Å². The van der Waals surface area contributed by atoms with Crippen molar-refractivity contribution in [3.05, 3.63) is 36.0 Å². The number of allylic oxidation sites excluding steroid dienone is 4. The molecule has 0 aromatic carbocycles. The van der Waals surface area contributed by atoms with Crippen molar-refractivity contribution in [3.63, 3.8) is 0 Å². The minimum Gasteiger partial charge on any atom is -0.461 e. The van der Waals surface area contributed by atoms with Crippen LogP contribution < -0.4 is 0 Å². The molecule has 2 unspecified atom stereocenters. The molecule has 1 amide bonds. The highest BCUT2D eigenvalue weighted by Gasteiger charge is 2.56. The van der Waals surface area contributed by atoms with Gasteiger partial charge in [0.25, 0.3) is 11.7 Å². The monoisotopic (exact) mass is 917 g/mol. The summed E-state index contributed by atoms with van der Waals surface area (Å²) in [7, 11) is 4.76. The summed E-state index contributed by atoms with van der Waals surface area (Å²) in [5.41, 5.74) is 1.65. The average Bonchev–Trinajstić information content (AvgIpc) is 3.70. The highest BCUT2D eigenvalue weighted by molar-refractivity contribution is 8.00. The Balaban J connectivity index is 1.48. The second-order valence-electron chi connectivity index (χ2n) is 19.2. The van der Waals surface area contributed by atoms with Crippen molar-refractivity contribution in [2.45, 2.75) is 178 Å². The smallest absolute Gasteiger partial charge is 0.329 e. The largest absolute Gasteiger partial charge is 0.461 e. The number of thioether (sulfide) groups is 1. The molecule has 3 saturated heterocycles. The summed E-state index contributed by atoms with van der Waals surface area (Å²) < 4.78 is 35.8. The van der Waals surface area contributed by atoms with Crippen LogP contribution in [0.15, 0.2) is 36.0 Å². The van der Waals surface area contributed by atoms with Gasteiger partial charge in [-0.25, -0.2) is 4.79 Å². The van der Waals surface area contributed by atoms with Gasteiger partial charge in [-0.2, -0.15) is 11.8 Å². The lowest BCUT2D eigenvalue weighted by atomic mass is 9.82. The molecular weight excluding hydrogens is 843 g/mol. The molecule has 15 atom stereocenters. The number of Topliss-reactive ketones (excluding diaryl/α,β-unsaturated/α-hetero) is 2. The van der Waals surface area contributed by atoms with Crippen LogP contribution in [0, 0.1) is 29.6 Å². The SMILES string of the molecule is C=CC[C@@H]1/C=C(\C)C[C@H](C)C[C@H](OC)[C@H]2O[C@@](O)(C(=O)C(=O)N3CCCC[C@H]3C(=O)OC(/C(C)=C/[C@@H]3CCC(SC[C@H]4CCC(=O)O4)[C@H](OC)C3)[C@H](C)[C@@H](O)CC1=O)[C@H](C)C[C@@H]2OC. The molecule has 5 rings (SSSR count). The van der Waals surface area contributed by atoms with E-state index < -0.39 is 77.8 Å². The van der Waals surface area contributed by atoms with Crippen LogP contribution in [0.3, 0.4) is 0 Å². The van der Waals surface area contributed by atoms with Gasteiger partial charge in [0.15, 0.2) is 0 Å². The van der Waals surface area contributed by atoms with E-state index in [4.69, 9.17) is 28.4 Å². The summed E-state index contributed by atoms with van der Waals surface area (Å²) in [5, 5.41) is 24.2. The van der Waals surface area contributed by atoms with Crippen molar-refractivity contribution in [1.29, 1.82) is 0 Å². The number of amides is 1. The molecule has 2 bridgehead atoms. The van der Waals surface area contributed by atoms with Crippen LogP contribution >= 0.6 is 11.8 Å². The number of methoxy groups -OCH3 is 3. The van der Waals surface area contributed by atoms with Gasteiger partial charge in [-0.1, -0.05) is 44.6 Å². The summed E-state index contributed by atoms with van der Waals surface area (Å²) >= 11 is 1.77. The van der Waals surface area contributed by atoms with E-state index in [1.165, 1.54) is 19.1 Å². The van der Waals surface area contributed by atoms with Crippen molar-refractivity contribution in [2.24, 2.45) is 29.6 Å². The zero-order chi connectivity index (χ0) is 46.9. The number of cyclic esters (lactones) is 2. The van der Waals surface area contributed by atoms with Gasteiger partial charge in [0.2, 0.25) is 5.79 Å². The predicted octanol–water partition coefficient (Wildman–Crippen LogP) is 6.09. The zero-order valence-electron chi connectivity index (χ0n) is 39.4. The van der Waals surface area contributed by atoms with Gasteiger partial charge in [0.05, 0.1) is 24.4 Å². The molecule has 14 nitrogen and oxygen atoms in total. The van der Waals surface area contributed by atoms with Crippen molar-refractivity contribution < 1.29 is 62.6 Å². The Bertz CT molecular complexity index is 1720. The number of rotatable bonds is 10. The first-order valence-corrected chi connectivity index (χ1v) is 24.5. The van der Waals surface area contributed by atoms with E-state index in [1.807, 2.05) is 26.8 Å². The maximum absolute atomic E-state index is 14.5. The number of carbonyl (C=O) groups is 5. The molecule has 15 heteroatoms. The Morgan fingerprint density at radius 3 is 2.30 bits per heavy atom. The first-order chi connectivity index (χ1) is 30.4. The molecule has 1 aliphatic carbocycles. The Morgan fingerprint density at radius 1 is 0.938 bits per heavy atom. The number of nitrogens with zero attached hydrogens (tertiary/aromatic N) is 1. The summed E-state index contributed by atoms with van der Waals surface area (Å²) in [4.78, 5) is 70.1. The van der Waals surface area contributed by atoms with Gasteiger partial charge in [-0.3, -0.25) is 19.2 Å². The molecule has 4 aliphatic heterocycles. The molecule has 0 radical (unpaired) electrons. The molecule has 0 spiro atoms. The van der Waals surface area contributed by atoms with Crippen LogP contribution in [-0.4, -0.2) is 138 Å². The number of hydrogen-bond donors (Lipinski definition) is 2. The lowest BCUT2D eigenvalue weighted by Crippen LogP contribution is -2.64. The molecule has 360 valence electrons. The molecular formula is C49H75NO13S. The maximum Gasteiger partial charge on any atom is 0.329 e. The number of ether oxygens (including phenoxy) is 6. The summed E-state index contributed by atoms with van der Waals surface area (Å²) in [6.07, 6.45) is 7.63. The van der Waals surface area contributed by atoms with Crippen LogP contribution in [0.25, 0.3) is 0 Å². The predicted molar refractivity (Wildman–Crippen MR) is 242 cm³/mol. The fourth-order valence-corrected chi connectivity index (χ4v) is 12.0. The van der Waals surface area contributed by atoms with Crippen LogP contribution in [-0.2, 0) is 52.4 Å². The lowest BCUT2D eigenvalue weighted by Gasteiger charge is -2.47. The molecule has 0 aromatic rings. The van der Waals surface area contributed by atoms with Crippen molar-refractivity contribution in [1.82, 2.24) is 4.90 Å². The lowest BCUT2D eigenvalue weighted by molar-refractivity contribution is -0.302. The second-order valence-corrected chi connectivity index (χ2v) is 20.5. The third-order valence-corrected chi connectivity index (χ3v) is 15.8. The van der Waals surface area contributed by atoms with Gasteiger partial charge in [-0.15, -0.1) is 6.58 Å². The zero-order valence-corrected chi connectivity index (χ0v) is 40.2. The number of esters is 2. The van der Waals surface area contributed by atoms with Crippen LogP contribution in [0.5, 0.6) is 0 Å². The van der Waals surface area contributed by atoms with Gasteiger partial charge < -0.3 is 43.5 Å².